The number of nitrogens with one attached hydrogen (secondary N) is 1. The predicted molar refractivity (Wildman–Crippen MR) is 103 cm³/mol. The number of hydrogen-bond acceptors (Lipinski definition) is 6. The summed E-state index contributed by atoms with van der Waals surface area (Å²) in [4.78, 5) is 35.2. The van der Waals surface area contributed by atoms with Gasteiger partial charge in [-0.05, 0) is 53.2 Å². The van der Waals surface area contributed by atoms with Crippen LogP contribution in [0.2, 0.25) is 5.02 Å². The van der Waals surface area contributed by atoms with Crippen molar-refractivity contribution in [2.45, 2.75) is 6.42 Å². The quantitative estimate of drug-likeness (QED) is 0.464. The van der Waals surface area contributed by atoms with Crippen molar-refractivity contribution in [1.82, 2.24) is 5.32 Å². The van der Waals surface area contributed by atoms with Gasteiger partial charge in [0.25, 0.3) is 11.1 Å². The van der Waals surface area contributed by atoms with E-state index >= 15 is 0 Å². The molecule has 0 aliphatic carbocycles. The van der Waals surface area contributed by atoms with Crippen LogP contribution in [-0.2, 0) is 16.0 Å². The summed E-state index contributed by atoms with van der Waals surface area (Å²) in [7, 11) is 1.55. The number of benzene rings is 2. The van der Waals surface area contributed by atoms with Crippen molar-refractivity contribution in [3.63, 3.8) is 0 Å². The fourth-order valence-corrected chi connectivity index (χ4v) is 3.28. The number of carbonyl (C=O) groups is 3. The Hall–Kier alpha value is -2.77. The number of rotatable bonds is 5. The molecular weight excluding hydrogens is 390 g/mol. The SMILES string of the molecule is COc1cccc(CC(=O)Oc2ccc(C=C3SC(=O)NC3=O)cc2Cl)c1. The van der Waals surface area contributed by atoms with Gasteiger partial charge in [0.1, 0.15) is 11.5 Å². The Bertz CT molecular complexity index is 957. The summed E-state index contributed by atoms with van der Waals surface area (Å²) in [5.41, 5.74) is 1.37. The summed E-state index contributed by atoms with van der Waals surface area (Å²) >= 11 is 6.99. The number of esters is 1. The van der Waals surface area contributed by atoms with E-state index in [1.165, 1.54) is 6.07 Å². The lowest BCUT2D eigenvalue weighted by molar-refractivity contribution is -0.133. The molecule has 0 spiro atoms. The van der Waals surface area contributed by atoms with Crippen LogP contribution in [0.5, 0.6) is 11.5 Å². The summed E-state index contributed by atoms with van der Waals surface area (Å²) in [6.07, 6.45) is 1.61. The van der Waals surface area contributed by atoms with Gasteiger partial charge in [-0.3, -0.25) is 19.7 Å². The van der Waals surface area contributed by atoms with Gasteiger partial charge in [0.2, 0.25) is 0 Å². The molecule has 0 saturated carbocycles. The van der Waals surface area contributed by atoms with Gasteiger partial charge < -0.3 is 9.47 Å². The van der Waals surface area contributed by atoms with E-state index < -0.39 is 17.1 Å². The Labute approximate surface area is 164 Å². The first kappa shape index (κ1) is 19.0. The number of ether oxygens (including phenoxy) is 2. The molecule has 0 unspecified atom stereocenters. The number of thioether (sulfide) groups is 1. The van der Waals surface area contributed by atoms with Crippen LogP contribution in [0.1, 0.15) is 11.1 Å². The van der Waals surface area contributed by atoms with E-state index in [1.54, 1.807) is 49.6 Å². The second-order valence-corrected chi connectivity index (χ2v) is 6.97. The fourth-order valence-electron chi connectivity index (χ4n) is 2.37. The number of amides is 2. The molecule has 1 fully saturated rings. The molecule has 0 bridgehead atoms. The van der Waals surface area contributed by atoms with Crippen molar-refractivity contribution in [3.8, 4) is 11.5 Å². The summed E-state index contributed by atoms with van der Waals surface area (Å²) in [5, 5.41) is 1.98. The van der Waals surface area contributed by atoms with Crippen molar-refractivity contribution >= 4 is 46.6 Å². The van der Waals surface area contributed by atoms with Gasteiger partial charge in [0, 0.05) is 0 Å². The normalized spacial score (nSPS) is 15.0. The number of hydrogen-bond donors (Lipinski definition) is 1. The maximum Gasteiger partial charge on any atom is 0.315 e. The molecule has 2 aromatic carbocycles. The summed E-state index contributed by atoms with van der Waals surface area (Å²) in [6, 6.07) is 11.9. The van der Waals surface area contributed by atoms with Crippen LogP contribution in [-0.4, -0.2) is 24.2 Å². The molecule has 1 aliphatic heterocycles. The average Bonchev–Trinajstić information content (AvgIpc) is 2.94. The standard InChI is InChI=1S/C19H14ClNO5S/c1-25-13-4-2-3-11(7-13)10-17(22)26-15-6-5-12(8-14(15)20)9-16-18(23)21-19(24)27-16/h2-9H,10H2,1H3,(H,21,23,24). The van der Waals surface area contributed by atoms with Gasteiger partial charge in [-0.1, -0.05) is 29.8 Å². The zero-order valence-electron chi connectivity index (χ0n) is 14.2. The number of carbonyl (C=O) groups excluding carboxylic acids is 3. The third-order valence-corrected chi connectivity index (χ3v) is 4.71. The molecule has 1 aliphatic rings. The fraction of sp³-hybridized carbons (Fsp3) is 0.105. The molecule has 3 rings (SSSR count). The monoisotopic (exact) mass is 403 g/mol. The van der Waals surface area contributed by atoms with E-state index in [4.69, 9.17) is 21.1 Å². The maximum atomic E-state index is 12.1. The lowest BCUT2D eigenvalue weighted by Gasteiger charge is -2.08. The van der Waals surface area contributed by atoms with Gasteiger partial charge in [0.15, 0.2) is 0 Å². The second-order valence-electron chi connectivity index (χ2n) is 5.54. The highest BCUT2D eigenvalue weighted by Gasteiger charge is 2.25. The Balaban J connectivity index is 1.68. The predicted octanol–water partition coefficient (Wildman–Crippen LogP) is 3.82. The lowest BCUT2D eigenvalue weighted by Crippen LogP contribution is -2.17. The molecule has 6 nitrogen and oxygen atoms in total. The van der Waals surface area contributed by atoms with Crippen molar-refractivity contribution in [3.05, 3.63) is 63.5 Å². The van der Waals surface area contributed by atoms with Crippen molar-refractivity contribution < 1.29 is 23.9 Å². The maximum absolute atomic E-state index is 12.1. The molecule has 138 valence electrons. The van der Waals surface area contributed by atoms with E-state index in [2.05, 4.69) is 5.32 Å². The van der Waals surface area contributed by atoms with Crippen molar-refractivity contribution in [1.29, 1.82) is 0 Å². The van der Waals surface area contributed by atoms with Crippen LogP contribution in [0, 0.1) is 0 Å². The van der Waals surface area contributed by atoms with E-state index in [0.29, 0.717) is 11.3 Å². The first-order chi connectivity index (χ1) is 12.9. The third kappa shape index (κ3) is 4.90. The second kappa shape index (κ2) is 8.28. The van der Waals surface area contributed by atoms with Gasteiger partial charge >= 0.3 is 5.97 Å². The highest BCUT2D eigenvalue weighted by atomic mass is 35.5. The first-order valence-corrected chi connectivity index (χ1v) is 9.02. The summed E-state index contributed by atoms with van der Waals surface area (Å²) in [6.45, 7) is 0. The third-order valence-electron chi connectivity index (χ3n) is 3.60. The minimum Gasteiger partial charge on any atom is -0.497 e. The van der Waals surface area contributed by atoms with Crippen LogP contribution >= 0.6 is 23.4 Å². The average molecular weight is 404 g/mol. The Morgan fingerprint density at radius 3 is 2.70 bits per heavy atom. The molecule has 0 aromatic heterocycles. The minimum atomic E-state index is -0.465. The van der Waals surface area contributed by atoms with Gasteiger partial charge in [-0.2, -0.15) is 0 Å². The van der Waals surface area contributed by atoms with Gasteiger partial charge in [-0.15, -0.1) is 0 Å². The number of methoxy groups -OCH3 is 1. The lowest BCUT2D eigenvalue weighted by atomic mass is 10.1. The van der Waals surface area contributed by atoms with E-state index in [1.807, 2.05) is 0 Å². The highest BCUT2D eigenvalue weighted by molar-refractivity contribution is 8.18. The van der Waals surface area contributed by atoms with Crippen molar-refractivity contribution in [2.75, 3.05) is 7.11 Å². The van der Waals surface area contributed by atoms with Crippen LogP contribution < -0.4 is 14.8 Å². The summed E-state index contributed by atoms with van der Waals surface area (Å²) in [5.74, 6) is -0.0446. The Morgan fingerprint density at radius 2 is 2.04 bits per heavy atom. The molecule has 0 atom stereocenters. The zero-order valence-corrected chi connectivity index (χ0v) is 15.7. The molecule has 8 heteroatoms. The largest absolute Gasteiger partial charge is 0.497 e. The minimum absolute atomic E-state index is 0.0677. The van der Waals surface area contributed by atoms with E-state index in [9.17, 15) is 14.4 Å². The molecule has 2 aromatic rings. The van der Waals surface area contributed by atoms with Crippen LogP contribution in [0.3, 0.4) is 0 Å². The van der Waals surface area contributed by atoms with Gasteiger partial charge in [-0.25, -0.2) is 0 Å². The van der Waals surface area contributed by atoms with Gasteiger partial charge in [0.05, 0.1) is 23.5 Å². The smallest absolute Gasteiger partial charge is 0.315 e. The van der Waals surface area contributed by atoms with Crippen LogP contribution in [0.25, 0.3) is 6.08 Å². The zero-order chi connectivity index (χ0) is 19.4. The molecule has 2 amide bonds. The molecule has 1 heterocycles. The molecule has 1 saturated heterocycles. The van der Waals surface area contributed by atoms with Crippen LogP contribution in [0.15, 0.2) is 47.4 Å². The number of imide groups is 1. The van der Waals surface area contributed by atoms with Crippen molar-refractivity contribution in [2.24, 2.45) is 0 Å². The Morgan fingerprint density at radius 1 is 1.22 bits per heavy atom. The van der Waals surface area contributed by atoms with E-state index in [0.717, 1.165) is 17.3 Å². The molecular formula is C19H14ClNO5S. The van der Waals surface area contributed by atoms with Crippen LogP contribution in [0.4, 0.5) is 4.79 Å². The van der Waals surface area contributed by atoms with E-state index in [-0.39, 0.29) is 22.1 Å². The highest BCUT2D eigenvalue weighted by Crippen LogP contribution is 2.30. The number of halogens is 1. The Kier molecular flexibility index (Phi) is 5.83. The summed E-state index contributed by atoms with van der Waals surface area (Å²) < 4.78 is 10.4. The molecule has 0 radical (unpaired) electrons. The topological polar surface area (TPSA) is 81.7 Å². The first-order valence-electron chi connectivity index (χ1n) is 7.82. The molecule has 1 N–H and O–H groups in total. The molecule has 27 heavy (non-hydrogen) atoms.